The number of benzene rings is 1. The highest BCUT2D eigenvalue weighted by atomic mass is 16.2. The number of pyridine rings is 1. The lowest BCUT2D eigenvalue weighted by atomic mass is 10.1. The van der Waals surface area contributed by atoms with Gasteiger partial charge in [0.1, 0.15) is 0 Å². The molecule has 148 valence electrons. The zero-order valence-electron chi connectivity index (χ0n) is 16.7. The molecule has 1 aliphatic rings. The van der Waals surface area contributed by atoms with Crippen molar-refractivity contribution in [3.05, 3.63) is 72.1 Å². The smallest absolute Gasteiger partial charge is 0.237 e. The number of nitrogens with zero attached hydrogens (tertiary/aromatic N) is 2. The van der Waals surface area contributed by atoms with Crippen LogP contribution in [-0.4, -0.2) is 47.0 Å². The monoisotopic (exact) mass is 378 g/mol. The Bertz CT molecular complexity index is 761. The molecule has 28 heavy (non-hydrogen) atoms. The van der Waals surface area contributed by atoms with Crippen LogP contribution in [0.2, 0.25) is 0 Å². The number of hydrogen-bond acceptors (Lipinski definition) is 4. The van der Waals surface area contributed by atoms with E-state index in [2.05, 4.69) is 50.9 Å². The molecule has 1 aromatic carbocycles. The summed E-state index contributed by atoms with van der Waals surface area (Å²) in [7, 11) is 0. The van der Waals surface area contributed by atoms with Gasteiger partial charge in [0.05, 0.1) is 6.04 Å². The molecule has 2 aromatic rings. The molecule has 1 saturated heterocycles. The maximum Gasteiger partial charge on any atom is 0.237 e. The Hall–Kier alpha value is -2.50. The third-order valence-electron chi connectivity index (χ3n) is 4.90. The Kier molecular flexibility index (Phi) is 7.34. The number of rotatable bonds is 8. The van der Waals surface area contributed by atoms with Gasteiger partial charge in [0.25, 0.3) is 0 Å². The summed E-state index contributed by atoms with van der Waals surface area (Å²) in [5.41, 5.74) is 2.34. The zero-order valence-corrected chi connectivity index (χ0v) is 16.7. The highest BCUT2D eigenvalue weighted by molar-refractivity contribution is 5.82. The van der Waals surface area contributed by atoms with Crippen molar-refractivity contribution in [3.8, 4) is 0 Å². The van der Waals surface area contributed by atoms with Gasteiger partial charge in [0.15, 0.2) is 0 Å². The molecule has 5 heteroatoms. The van der Waals surface area contributed by atoms with Crippen molar-refractivity contribution in [2.75, 3.05) is 13.1 Å². The summed E-state index contributed by atoms with van der Waals surface area (Å²) in [4.78, 5) is 19.1. The van der Waals surface area contributed by atoms with E-state index in [9.17, 15) is 4.79 Å². The summed E-state index contributed by atoms with van der Waals surface area (Å²) >= 11 is 0. The van der Waals surface area contributed by atoms with E-state index >= 15 is 0 Å². The van der Waals surface area contributed by atoms with Crippen molar-refractivity contribution in [3.63, 3.8) is 0 Å². The van der Waals surface area contributed by atoms with Crippen molar-refractivity contribution >= 4 is 12.0 Å². The molecule has 1 aliphatic heterocycles. The summed E-state index contributed by atoms with van der Waals surface area (Å²) in [6, 6.07) is 14.6. The highest BCUT2D eigenvalue weighted by Crippen LogP contribution is 2.19. The average Bonchev–Trinajstić information content (AvgIpc) is 3.11. The summed E-state index contributed by atoms with van der Waals surface area (Å²) in [6.45, 7) is 6.39. The Morgan fingerprint density at radius 3 is 2.79 bits per heavy atom. The van der Waals surface area contributed by atoms with Gasteiger partial charge in [-0.25, -0.2) is 0 Å². The van der Waals surface area contributed by atoms with E-state index in [1.165, 1.54) is 5.56 Å². The quantitative estimate of drug-likeness (QED) is 0.742. The second-order valence-corrected chi connectivity index (χ2v) is 7.62. The van der Waals surface area contributed by atoms with Crippen LogP contribution in [0.25, 0.3) is 6.08 Å². The van der Waals surface area contributed by atoms with Gasteiger partial charge in [-0.05, 0) is 37.5 Å². The number of nitrogens with one attached hydrogen (secondary N) is 2. The van der Waals surface area contributed by atoms with Crippen LogP contribution in [0.4, 0.5) is 0 Å². The minimum Gasteiger partial charge on any atom is -0.353 e. The van der Waals surface area contributed by atoms with Crippen LogP contribution in [-0.2, 0) is 11.3 Å². The summed E-state index contributed by atoms with van der Waals surface area (Å²) in [6.07, 6.45) is 8.75. The number of hydrogen-bond donors (Lipinski definition) is 2. The molecule has 2 atom stereocenters. The fraction of sp³-hybridized carbons (Fsp3) is 0.391. The molecule has 0 spiro atoms. The first-order valence-electron chi connectivity index (χ1n) is 10.00. The van der Waals surface area contributed by atoms with Crippen LogP contribution in [0.15, 0.2) is 60.9 Å². The molecule has 0 aliphatic carbocycles. The van der Waals surface area contributed by atoms with Crippen LogP contribution in [0.3, 0.4) is 0 Å². The molecule has 1 fully saturated rings. The topological polar surface area (TPSA) is 57.3 Å². The van der Waals surface area contributed by atoms with E-state index in [1.54, 1.807) is 6.20 Å². The van der Waals surface area contributed by atoms with Gasteiger partial charge in [-0.15, -0.1) is 0 Å². The van der Waals surface area contributed by atoms with E-state index in [4.69, 9.17) is 0 Å². The average molecular weight is 379 g/mol. The van der Waals surface area contributed by atoms with E-state index in [0.717, 1.165) is 31.6 Å². The third-order valence-corrected chi connectivity index (χ3v) is 4.90. The molecular weight excluding hydrogens is 348 g/mol. The lowest BCUT2D eigenvalue weighted by Gasteiger charge is -2.23. The number of carbonyl (C=O) groups excluding carboxylic acids is 1. The van der Waals surface area contributed by atoms with Crippen LogP contribution in [0, 0.1) is 0 Å². The SMILES string of the molecule is CC(C)NC(=O)[C@@H]1C[C@H](NCc2cccnc2)CN1C/C=C/c1ccccc1. The predicted molar refractivity (Wildman–Crippen MR) is 114 cm³/mol. The summed E-state index contributed by atoms with van der Waals surface area (Å²) in [5.74, 6) is 0.119. The molecule has 5 nitrogen and oxygen atoms in total. The molecule has 1 aromatic heterocycles. The molecule has 0 radical (unpaired) electrons. The number of carbonyl (C=O) groups is 1. The predicted octanol–water partition coefficient (Wildman–Crippen LogP) is 2.85. The van der Waals surface area contributed by atoms with Crippen LogP contribution in [0.5, 0.6) is 0 Å². The Morgan fingerprint density at radius 1 is 1.25 bits per heavy atom. The molecule has 0 saturated carbocycles. The van der Waals surface area contributed by atoms with Gasteiger partial charge in [-0.3, -0.25) is 14.7 Å². The molecule has 3 rings (SSSR count). The minimum atomic E-state index is -0.103. The Balaban J connectivity index is 1.60. The molecule has 2 N–H and O–H groups in total. The normalized spacial score (nSPS) is 20.1. The van der Waals surface area contributed by atoms with Crippen LogP contribution >= 0.6 is 0 Å². The first-order valence-corrected chi connectivity index (χ1v) is 10.00. The first-order chi connectivity index (χ1) is 13.6. The van der Waals surface area contributed by atoms with Crippen molar-refractivity contribution in [1.82, 2.24) is 20.5 Å². The van der Waals surface area contributed by atoms with E-state index in [1.807, 2.05) is 44.3 Å². The van der Waals surface area contributed by atoms with Gasteiger partial charge in [0, 0.05) is 44.1 Å². The molecule has 1 amide bonds. The fourth-order valence-electron chi connectivity index (χ4n) is 3.56. The van der Waals surface area contributed by atoms with Gasteiger partial charge < -0.3 is 10.6 Å². The second kappa shape index (κ2) is 10.2. The minimum absolute atomic E-state index is 0.103. The van der Waals surface area contributed by atoms with E-state index in [-0.39, 0.29) is 24.0 Å². The largest absolute Gasteiger partial charge is 0.353 e. The highest BCUT2D eigenvalue weighted by Gasteiger charge is 2.36. The molecule has 0 bridgehead atoms. The number of likely N-dealkylation sites (tertiary alicyclic amines) is 1. The lowest BCUT2D eigenvalue weighted by Crippen LogP contribution is -2.45. The Labute approximate surface area is 167 Å². The van der Waals surface area contributed by atoms with Crippen LogP contribution in [0.1, 0.15) is 31.4 Å². The first kappa shape index (κ1) is 20.2. The van der Waals surface area contributed by atoms with E-state index < -0.39 is 0 Å². The number of aromatic nitrogens is 1. The van der Waals surface area contributed by atoms with Gasteiger partial charge >= 0.3 is 0 Å². The number of amides is 1. The molecular formula is C23H30N4O. The van der Waals surface area contributed by atoms with E-state index in [0.29, 0.717) is 0 Å². The lowest BCUT2D eigenvalue weighted by molar-refractivity contribution is -0.125. The van der Waals surface area contributed by atoms with Crippen molar-refractivity contribution in [1.29, 1.82) is 0 Å². The molecule has 2 heterocycles. The third kappa shape index (κ3) is 6.01. The van der Waals surface area contributed by atoms with Gasteiger partial charge in [0.2, 0.25) is 5.91 Å². The summed E-state index contributed by atoms with van der Waals surface area (Å²) in [5, 5.41) is 6.66. The Morgan fingerprint density at radius 2 is 2.07 bits per heavy atom. The fourth-order valence-corrected chi connectivity index (χ4v) is 3.56. The van der Waals surface area contributed by atoms with Crippen molar-refractivity contribution < 1.29 is 4.79 Å². The van der Waals surface area contributed by atoms with Gasteiger partial charge in [-0.1, -0.05) is 48.6 Å². The summed E-state index contributed by atoms with van der Waals surface area (Å²) < 4.78 is 0. The second-order valence-electron chi connectivity index (χ2n) is 7.62. The maximum atomic E-state index is 12.7. The van der Waals surface area contributed by atoms with Crippen LogP contribution < -0.4 is 10.6 Å². The molecule has 0 unspecified atom stereocenters. The van der Waals surface area contributed by atoms with Gasteiger partial charge in [-0.2, -0.15) is 0 Å². The maximum absolute atomic E-state index is 12.7. The standard InChI is InChI=1S/C23H30N4O/c1-18(2)26-23(28)22-14-21(25-16-20-10-6-12-24-15-20)17-27(22)13-7-11-19-8-4-3-5-9-19/h3-12,15,18,21-22,25H,13-14,16-17H2,1-2H3,(H,26,28)/b11-7+/t21-,22-/m0/s1. The zero-order chi connectivity index (χ0) is 19.8. The van der Waals surface area contributed by atoms with Crippen molar-refractivity contribution in [2.24, 2.45) is 0 Å². The van der Waals surface area contributed by atoms with Crippen molar-refractivity contribution in [2.45, 2.75) is 44.9 Å².